The van der Waals surface area contributed by atoms with Crippen molar-refractivity contribution in [2.75, 3.05) is 13.2 Å². The Hall–Kier alpha value is -2.44. The van der Waals surface area contributed by atoms with Gasteiger partial charge >= 0.3 is 0 Å². The molecule has 6 heteroatoms. The zero-order valence-electron chi connectivity index (χ0n) is 14.4. The molecule has 0 bridgehead atoms. The second-order valence-corrected chi connectivity index (χ2v) is 6.88. The van der Waals surface area contributed by atoms with Gasteiger partial charge in [-0.25, -0.2) is 0 Å². The van der Waals surface area contributed by atoms with Crippen LogP contribution in [0, 0.1) is 0 Å². The molecule has 1 atom stereocenters. The van der Waals surface area contributed by atoms with E-state index in [-0.39, 0.29) is 11.6 Å². The van der Waals surface area contributed by atoms with Crippen molar-refractivity contribution in [3.8, 4) is 11.7 Å². The minimum atomic E-state index is -0.107. The van der Waals surface area contributed by atoms with Gasteiger partial charge in [-0.15, -0.1) is 10.2 Å². The van der Waals surface area contributed by atoms with E-state index < -0.39 is 0 Å². The zero-order chi connectivity index (χ0) is 17.3. The number of benzene rings is 1. The maximum atomic E-state index is 6.09. The molecule has 1 fully saturated rings. The number of ether oxygens (including phenoxy) is 1. The molecule has 1 aliphatic rings. The highest BCUT2D eigenvalue weighted by atomic mass is 16.5. The van der Waals surface area contributed by atoms with Gasteiger partial charge in [0.05, 0.1) is 25.5 Å². The van der Waals surface area contributed by atoms with Crippen LogP contribution in [0.3, 0.4) is 0 Å². The quantitative estimate of drug-likeness (QED) is 0.722. The van der Waals surface area contributed by atoms with E-state index in [4.69, 9.17) is 13.6 Å². The van der Waals surface area contributed by atoms with Gasteiger partial charge in [-0.05, 0) is 31.5 Å². The fourth-order valence-corrected chi connectivity index (χ4v) is 3.02. The number of aromatic nitrogens is 2. The summed E-state index contributed by atoms with van der Waals surface area (Å²) in [5.41, 5.74) is 1.08. The van der Waals surface area contributed by atoms with Crippen LogP contribution in [0.2, 0.25) is 0 Å². The van der Waals surface area contributed by atoms with Crippen molar-refractivity contribution in [1.29, 1.82) is 0 Å². The van der Waals surface area contributed by atoms with Gasteiger partial charge in [-0.1, -0.05) is 30.3 Å². The van der Waals surface area contributed by atoms with Crippen molar-refractivity contribution in [2.24, 2.45) is 0 Å². The average molecular weight is 339 g/mol. The maximum Gasteiger partial charge on any atom is 0.283 e. The fraction of sp³-hybridized carbons (Fsp3) is 0.368. The molecule has 0 radical (unpaired) electrons. The van der Waals surface area contributed by atoms with Crippen LogP contribution in [-0.4, -0.2) is 33.8 Å². The highest BCUT2D eigenvalue weighted by molar-refractivity contribution is 5.42. The van der Waals surface area contributed by atoms with Crippen molar-refractivity contribution >= 4 is 0 Å². The SMILES string of the molecule is CC1(C)CO[C@H](c2ccccc2)CN1Cc1nnc(-c2ccco2)o1. The summed E-state index contributed by atoms with van der Waals surface area (Å²) < 4.78 is 17.2. The number of hydrogen-bond acceptors (Lipinski definition) is 6. The van der Waals surface area contributed by atoms with E-state index in [0.29, 0.717) is 30.7 Å². The summed E-state index contributed by atoms with van der Waals surface area (Å²) in [4.78, 5) is 2.33. The van der Waals surface area contributed by atoms with E-state index >= 15 is 0 Å². The standard InChI is InChI=1S/C19H21N3O3/c1-19(2)13-24-16(14-7-4-3-5-8-14)11-22(19)12-17-20-21-18(25-17)15-9-6-10-23-15/h3-10,16H,11-13H2,1-2H3/t16-/m0/s1. The van der Waals surface area contributed by atoms with Crippen molar-refractivity contribution < 1.29 is 13.6 Å². The maximum absolute atomic E-state index is 6.09. The van der Waals surface area contributed by atoms with Crippen LogP contribution in [0.15, 0.2) is 57.6 Å². The summed E-state index contributed by atoms with van der Waals surface area (Å²) in [5, 5.41) is 8.25. The van der Waals surface area contributed by atoms with Crippen LogP contribution in [0.4, 0.5) is 0 Å². The Kier molecular flexibility index (Phi) is 4.15. The Morgan fingerprint density at radius 1 is 1.12 bits per heavy atom. The normalized spacial score (nSPS) is 20.6. The lowest BCUT2D eigenvalue weighted by molar-refractivity contribution is -0.106. The molecule has 3 aromatic rings. The highest BCUT2D eigenvalue weighted by Crippen LogP contribution is 2.31. The molecule has 3 heterocycles. The van der Waals surface area contributed by atoms with Crippen molar-refractivity contribution in [3.05, 3.63) is 60.2 Å². The van der Waals surface area contributed by atoms with Gasteiger partial charge in [0, 0.05) is 12.1 Å². The van der Waals surface area contributed by atoms with Gasteiger partial charge in [0.1, 0.15) is 0 Å². The lowest BCUT2D eigenvalue weighted by atomic mass is 9.98. The zero-order valence-corrected chi connectivity index (χ0v) is 14.4. The Morgan fingerprint density at radius 2 is 1.96 bits per heavy atom. The summed E-state index contributed by atoms with van der Waals surface area (Å²) in [5.74, 6) is 1.57. The first kappa shape index (κ1) is 16.1. The minimum absolute atomic E-state index is 0.0432. The molecule has 0 unspecified atom stereocenters. The molecule has 1 aromatic carbocycles. The minimum Gasteiger partial charge on any atom is -0.459 e. The van der Waals surface area contributed by atoms with Crippen molar-refractivity contribution in [3.63, 3.8) is 0 Å². The summed E-state index contributed by atoms with van der Waals surface area (Å²) in [7, 11) is 0. The molecule has 6 nitrogen and oxygen atoms in total. The topological polar surface area (TPSA) is 64.5 Å². The molecule has 0 amide bonds. The van der Waals surface area contributed by atoms with E-state index in [0.717, 1.165) is 6.54 Å². The molecule has 130 valence electrons. The summed E-state index contributed by atoms with van der Waals surface area (Å²) >= 11 is 0. The number of hydrogen-bond donors (Lipinski definition) is 0. The Morgan fingerprint density at radius 3 is 2.72 bits per heavy atom. The number of morpholine rings is 1. The van der Waals surface area contributed by atoms with Gasteiger partial charge in [0.25, 0.3) is 5.89 Å². The predicted octanol–water partition coefficient (Wildman–Crippen LogP) is 3.68. The van der Waals surface area contributed by atoms with Gasteiger partial charge < -0.3 is 13.6 Å². The van der Waals surface area contributed by atoms with Crippen LogP contribution in [0.1, 0.15) is 31.4 Å². The van der Waals surface area contributed by atoms with Gasteiger partial charge in [0.2, 0.25) is 5.89 Å². The van der Waals surface area contributed by atoms with Crippen LogP contribution < -0.4 is 0 Å². The van der Waals surface area contributed by atoms with E-state index in [1.807, 2.05) is 18.2 Å². The average Bonchev–Trinajstić information content (AvgIpc) is 3.29. The van der Waals surface area contributed by atoms with E-state index in [1.165, 1.54) is 5.56 Å². The second-order valence-electron chi connectivity index (χ2n) is 6.88. The third kappa shape index (κ3) is 3.36. The Bertz CT molecular complexity index is 812. The summed E-state index contributed by atoms with van der Waals surface area (Å²) in [6.45, 7) is 6.32. The highest BCUT2D eigenvalue weighted by Gasteiger charge is 2.36. The largest absolute Gasteiger partial charge is 0.459 e. The van der Waals surface area contributed by atoms with Gasteiger partial charge in [0.15, 0.2) is 5.76 Å². The first-order chi connectivity index (χ1) is 12.1. The van der Waals surface area contributed by atoms with E-state index in [9.17, 15) is 0 Å². The van der Waals surface area contributed by atoms with Crippen molar-refractivity contribution in [1.82, 2.24) is 15.1 Å². The molecule has 1 saturated heterocycles. The van der Waals surface area contributed by atoms with Gasteiger partial charge in [-0.3, -0.25) is 4.90 Å². The van der Waals surface area contributed by atoms with E-state index in [1.54, 1.807) is 18.4 Å². The molecule has 4 rings (SSSR count). The van der Waals surface area contributed by atoms with Crippen molar-refractivity contribution in [2.45, 2.75) is 32.0 Å². The lowest BCUT2D eigenvalue weighted by Gasteiger charge is -2.44. The monoisotopic (exact) mass is 339 g/mol. The Balaban J connectivity index is 1.51. The van der Waals surface area contributed by atoms with E-state index in [2.05, 4.69) is 41.1 Å². The van der Waals surface area contributed by atoms with Crippen LogP contribution in [0.25, 0.3) is 11.7 Å². The third-order valence-electron chi connectivity index (χ3n) is 4.58. The first-order valence-electron chi connectivity index (χ1n) is 8.40. The molecule has 0 aliphatic carbocycles. The molecule has 0 N–H and O–H groups in total. The van der Waals surface area contributed by atoms with Crippen LogP contribution in [-0.2, 0) is 11.3 Å². The summed E-state index contributed by atoms with van der Waals surface area (Å²) in [6.07, 6.45) is 1.64. The molecule has 0 spiro atoms. The molecular weight excluding hydrogens is 318 g/mol. The fourth-order valence-electron chi connectivity index (χ4n) is 3.02. The third-order valence-corrected chi connectivity index (χ3v) is 4.58. The first-order valence-corrected chi connectivity index (χ1v) is 8.40. The molecule has 0 saturated carbocycles. The van der Waals surface area contributed by atoms with Crippen LogP contribution >= 0.6 is 0 Å². The number of furan rings is 1. The second kappa shape index (κ2) is 6.46. The van der Waals surface area contributed by atoms with Gasteiger partial charge in [-0.2, -0.15) is 0 Å². The molecular formula is C19H21N3O3. The molecule has 25 heavy (non-hydrogen) atoms. The smallest absolute Gasteiger partial charge is 0.283 e. The number of nitrogens with zero attached hydrogens (tertiary/aromatic N) is 3. The summed E-state index contributed by atoms with van der Waals surface area (Å²) in [6, 6.07) is 13.9. The molecule has 1 aliphatic heterocycles. The predicted molar refractivity (Wildman–Crippen MR) is 91.6 cm³/mol. The lowest BCUT2D eigenvalue weighted by Crippen LogP contribution is -2.53. The Labute approximate surface area is 146 Å². The molecule has 2 aromatic heterocycles. The number of rotatable bonds is 4. The van der Waals surface area contributed by atoms with Crippen LogP contribution in [0.5, 0.6) is 0 Å².